The van der Waals surface area contributed by atoms with Crippen molar-refractivity contribution in [1.29, 1.82) is 0 Å². The van der Waals surface area contributed by atoms with Crippen LogP contribution in [0.15, 0.2) is 6.33 Å². The summed E-state index contributed by atoms with van der Waals surface area (Å²) in [5.74, 6) is 1.90. The molecule has 0 aliphatic rings. The third-order valence-electron chi connectivity index (χ3n) is 2.83. The number of nitrogens with one attached hydrogen (secondary N) is 1. The van der Waals surface area contributed by atoms with Crippen molar-refractivity contribution >= 4 is 34.0 Å². The largest absolute Gasteiger partial charge is 0.367 e. The molecule has 8 heteroatoms. The number of nitrogens with zero attached hydrogens (tertiary/aromatic N) is 4. The second-order valence-electron chi connectivity index (χ2n) is 4.46. The molecule has 0 radical (unpaired) electrons. The minimum absolute atomic E-state index is 0.161. The van der Waals surface area contributed by atoms with Gasteiger partial charge in [0.1, 0.15) is 17.3 Å². The van der Waals surface area contributed by atoms with Crippen LogP contribution in [-0.2, 0) is 10.8 Å². The van der Waals surface area contributed by atoms with Crippen LogP contribution in [0.5, 0.6) is 0 Å². The maximum Gasteiger partial charge on any atom is 0.255 e. The van der Waals surface area contributed by atoms with Crippen molar-refractivity contribution in [3.63, 3.8) is 0 Å². The number of hydrogen-bond acceptors (Lipinski definition) is 5. The van der Waals surface area contributed by atoms with Gasteiger partial charge in [-0.15, -0.1) is 0 Å². The number of hydrogen-bond donors (Lipinski definition) is 1. The lowest BCUT2D eigenvalue weighted by atomic mass is 10.2. The Balaban J connectivity index is 2.26. The fourth-order valence-electron chi connectivity index (χ4n) is 1.72. The molecule has 1 N–H and O–H groups in total. The van der Waals surface area contributed by atoms with E-state index in [1.165, 1.54) is 6.33 Å². The average molecular weight is 302 g/mol. The van der Waals surface area contributed by atoms with E-state index in [0.29, 0.717) is 16.7 Å². The van der Waals surface area contributed by atoms with Gasteiger partial charge in [0, 0.05) is 34.4 Å². The summed E-state index contributed by atoms with van der Waals surface area (Å²) in [6.45, 7) is 3.91. The molecule has 2 unspecified atom stereocenters. The SMILES string of the molecule is Cc1c(Cl)nc2ncnn2c1NC(C)CCS(C)=O. The summed E-state index contributed by atoms with van der Waals surface area (Å²) in [4.78, 5) is 8.17. The highest BCUT2D eigenvalue weighted by atomic mass is 35.5. The zero-order valence-corrected chi connectivity index (χ0v) is 12.6. The molecule has 0 bridgehead atoms. The number of rotatable bonds is 5. The molecule has 0 aliphatic carbocycles. The Labute approximate surface area is 119 Å². The van der Waals surface area contributed by atoms with Crippen molar-refractivity contribution < 1.29 is 4.21 Å². The zero-order valence-electron chi connectivity index (χ0n) is 11.1. The van der Waals surface area contributed by atoms with Gasteiger partial charge in [0.05, 0.1) is 0 Å². The van der Waals surface area contributed by atoms with Crippen LogP contribution < -0.4 is 5.32 Å². The van der Waals surface area contributed by atoms with Gasteiger partial charge in [0.2, 0.25) is 0 Å². The number of halogens is 1. The Bertz CT molecular complexity index is 614. The van der Waals surface area contributed by atoms with E-state index in [0.717, 1.165) is 17.8 Å². The van der Waals surface area contributed by atoms with Crippen molar-refractivity contribution in [3.05, 3.63) is 17.0 Å². The van der Waals surface area contributed by atoms with Crippen LogP contribution >= 0.6 is 11.6 Å². The minimum Gasteiger partial charge on any atom is -0.367 e. The molecule has 19 heavy (non-hydrogen) atoms. The maximum absolute atomic E-state index is 11.1. The number of fused-ring (bicyclic) bond motifs is 1. The first-order chi connectivity index (χ1) is 8.99. The number of aromatic nitrogens is 4. The minimum atomic E-state index is -0.786. The van der Waals surface area contributed by atoms with Crippen LogP contribution in [0.4, 0.5) is 5.82 Å². The standard InChI is InChI=1S/C11H16ClN5OS/c1-7(4-5-19(3)18)15-10-8(2)9(12)16-11-13-6-14-17(10)11/h6-7,15H,4-5H2,1-3H3. The molecule has 0 fully saturated rings. The van der Waals surface area contributed by atoms with Gasteiger partial charge in [-0.25, -0.2) is 0 Å². The van der Waals surface area contributed by atoms with Gasteiger partial charge in [-0.1, -0.05) is 11.6 Å². The first-order valence-electron chi connectivity index (χ1n) is 5.91. The van der Waals surface area contributed by atoms with Crippen molar-refractivity contribution in [3.8, 4) is 0 Å². The third-order valence-corrected chi connectivity index (χ3v) is 4.00. The third kappa shape index (κ3) is 3.22. The smallest absolute Gasteiger partial charge is 0.255 e. The highest BCUT2D eigenvalue weighted by molar-refractivity contribution is 7.84. The Morgan fingerprint density at radius 1 is 1.58 bits per heavy atom. The summed E-state index contributed by atoms with van der Waals surface area (Å²) in [6, 6.07) is 0.161. The first kappa shape index (κ1) is 14.2. The molecule has 2 rings (SSSR count). The first-order valence-corrected chi connectivity index (χ1v) is 8.02. The highest BCUT2D eigenvalue weighted by Crippen LogP contribution is 2.22. The van der Waals surface area contributed by atoms with Gasteiger partial charge < -0.3 is 5.32 Å². The van der Waals surface area contributed by atoms with Gasteiger partial charge in [0.25, 0.3) is 5.78 Å². The van der Waals surface area contributed by atoms with E-state index in [2.05, 4.69) is 20.4 Å². The van der Waals surface area contributed by atoms with E-state index in [-0.39, 0.29) is 6.04 Å². The lowest BCUT2D eigenvalue weighted by molar-refractivity contribution is 0.677. The van der Waals surface area contributed by atoms with Crippen molar-refractivity contribution in [2.24, 2.45) is 0 Å². The molecule has 104 valence electrons. The predicted octanol–water partition coefficient (Wildman–Crippen LogP) is 1.66. The Morgan fingerprint density at radius 2 is 2.32 bits per heavy atom. The Morgan fingerprint density at radius 3 is 3.00 bits per heavy atom. The Hall–Kier alpha value is -1.21. The molecule has 2 aromatic heterocycles. The summed E-state index contributed by atoms with van der Waals surface area (Å²) in [5.41, 5.74) is 0.823. The lowest BCUT2D eigenvalue weighted by Crippen LogP contribution is -2.21. The lowest BCUT2D eigenvalue weighted by Gasteiger charge is -2.17. The second-order valence-corrected chi connectivity index (χ2v) is 6.37. The van der Waals surface area contributed by atoms with Crippen LogP contribution in [0.2, 0.25) is 5.15 Å². The molecule has 2 heterocycles. The van der Waals surface area contributed by atoms with E-state index in [4.69, 9.17) is 11.6 Å². The maximum atomic E-state index is 11.1. The van der Waals surface area contributed by atoms with Crippen molar-refractivity contribution in [1.82, 2.24) is 19.6 Å². The van der Waals surface area contributed by atoms with Gasteiger partial charge >= 0.3 is 0 Å². The summed E-state index contributed by atoms with van der Waals surface area (Å²) < 4.78 is 12.7. The molecule has 0 spiro atoms. The Kier molecular flexibility index (Phi) is 4.36. The quantitative estimate of drug-likeness (QED) is 0.850. The van der Waals surface area contributed by atoms with E-state index in [1.54, 1.807) is 10.8 Å². The summed E-state index contributed by atoms with van der Waals surface area (Å²) in [5, 5.41) is 7.88. The van der Waals surface area contributed by atoms with E-state index in [9.17, 15) is 4.21 Å². The molecule has 6 nitrogen and oxygen atoms in total. The van der Waals surface area contributed by atoms with Gasteiger partial charge in [0.15, 0.2) is 0 Å². The van der Waals surface area contributed by atoms with Crippen LogP contribution in [0, 0.1) is 6.92 Å². The summed E-state index contributed by atoms with van der Waals surface area (Å²) in [6.07, 6.45) is 3.95. The molecule has 0 amide bonds. The van der Waals surface area contributed by atoms with Crippen LogP contribution in [0.3, 0.4) is 0 Å². The van der Waals surface area contributed by atoms with Crippen molar-refractivity contribution in [2.75, 3.05) is 17.3 Å². The molecule has 0 saturated carbocycles. The van der Waals surface area contributed by atoms with E-state index >= 15 is 0 Å². The van der Waals surface area contributed by atoms with E-state index in [1.807, 2.05) is 13.8 Å². The van der Waals surface area contributed by atoms with Crippen LogP contribution in [0.1, 0.15) is 18.9 Å². The average Bonchev–Trinajstić information content (AvgIpc) is 2.80. The summed E-state index contributed by atoms with van der Waals surface area (Å²) in [7, 11) is -0.786. The molecule has 0 aliphatic heterocycles. The fourth-order valence-corrected chi connectivity index (χ4v) is 2.57. The molecular weight excluding hydrogens is 286 g/mol. The number of anilines is 1. The van der Waals surface area contributed by atoms with E-state index < -0.39 is 10.8 Å². The molecule has 2 atom stereocenters. The zero-order chi connectivity index (χ0) is 14.0. The molecular formula is C11H16ClN5OS. The topological polar surface area (TPSA) is 72.2 Å². The van der Waals surface area contributed by atoms with Gasteiger partial charge in [-0.05, 0) is 20.3 Å². The second kappa shape index (κ2) is 5.83. The molecule has 0 saturated heterocycles. The van der Waals surface area contributed by atoms with Gasteiger partial charge in [-0.2, -0.15) is 19.6 Å². The monoisotopic (exact) mass is 301 g/mol. The van der Waals surface area contributed by atoms with Gasteiger partial charge in [-0.3, -0.25) is 4.21 Å². The van der Waals surface area contributed by atoms with Crippen molar-refractivity contribution in [2.45, 2.75) is 26.3 Å². The highest BCUT2D eigenvalue weighted by Gasteiger charge is 2.14. The van der Waals surface area contributed by atoms with Crippen LogP contribution in [-0.4, -0.2) is 41.8 Å². The van der Waals surface area contributed by atoms with Crippen LogP contribution in [0.25, 0.3) is 5.78 Å². The summed E-state index contributed by atoms with van der Waals surface area (Å²) >= 11 is 6.08. The fraction of sp³-hybridized carbons (Fsp3) is 0.545. The molecule has 2 aromatic rings. The predicted molar refractivity (Wildman–Crippen MR) is 77.2 cm³/mol. The normalized spacial score (nSPS) is 14.5. The molecule has 0 aromatic carbocycles.